The van der Waals surface area contributed by atoms with E-state index in [0.29, 0.717) is 18.2 Å². The van der Waals surface area contributed by atoms with Crippen LogP contribution < -0.4 is 10.2 Å². The van der Waals surface area contributed by atoms with Gasteiger partial charge < -0.3 is 14.6 Å². The van der Waals surface area contributed by atoms with Gasteiger partial charge in [0.25, 0.3) is 0 Å². The average molecular weight is 314 g/mol. The first-order valence-electron chi connectivity index (χ1n) is 7.64. The molecule has 5 nitrogen and oxygen atoms in total. The predicted octanol–water partition coefficient (Wildman–Crippen LogP) is 3.07. The maximum atomic E-state index is 12.1. The number of furan rings is 1. The van der Waals surface area contributed by atoms with Gasteiger partial charge in [-0.1, -0.05) is 26.0 Å². The number of rotatable bonds is 6. The van der Waals surface area contributed by atoms with Crippen LogP contribution in [0.4, 0.5) is 5.69 Å². The van der Waals surface area contributed by atoms with Gasteiger partial charge in [0, 0.05) is 12.6 Å². The molecule has 23 heavy (non-hydrogen) atoms. The van der Waals surface area contributed by atoms with Crippen molar-refractivity contribution in [2.24, 2.45) is 0 Å². The van der Waals surface area contributed by atoms with Crippen molar-refractivity contribution in [1.29, 1.82) is 0 Å². The Bertz CT molecular complexity index is 645. The minimum Gasteiger partial charge on any atom is -0.467 e. The molecule has 0 unspecified atom stereocenters. The summed E-state index contributed by atoms with van der Waals surface area (Å²) < 4.78 is 5.16. The van der Waals surface area contributed by atoms with Crippen LogP contribution in [0.3, 0.4) is 0 Å². The lowest BCUT2D eigenvalue weighted by Crippen LogP contribution is -2.39. The summed E-state index contributed by atoms with van der Waals surface area (Å²) in [7, 11) is 0. The molecule has 2 rings (SSSR count). The molecule has 122 valence electrons. The van der Waals surface area contributed by atoms with Crippen LogP contribution in [-0.4, -0.2) is 18.4 Å². The summed E-state index contributed by atoms with van der Waals surface area (Å²) in [5, 5.41) is 2.74. The van der Waals surface area contributed by atoms with Gasteiger partial charge in [-0.25, -0.2) is 0 Å². The number of nitrogens with one attached hydrogen (secondary N) is 1. The molecule has 1 heterocycles. The molecular weight excluding hydrogens is 292 g/mol. The van der Waals surface area contributed by atoms with E-state index in [-0.39, 0.29) is 18.4 Å². The van der Waals surface area contributed by atoms with Gasteiger partial charge in [0.15, 0.2) is 0 Å². The quantitative estimate of drug-likeness (QED) is 0.891. The highest BCUT2D eigenvalue weighted by Gasteiger charge is 2.16. The normalized spacial score (nSPS) is 10.6. The Morgan fingerprint density at radius 2 is 1.87 bits per heavy atom. The number of benzene rings is 1. The van der Waals surface area contributed by atoms with Gasteiger partial charge in [-0.2, -0.15) is 0 Å². The Morgan fingerprint density at radius 3 is 2.39 bits per heavy atom. The molecule has 1 N–H and O–H groups in total. The minimum absolute atomic E-state index is 0.0168. The minimum atomic E-state index is -0.232. The summed E-state index contributed by atoms with van der Waals surface area (Å²) in [6.45, 7) is 5.97. The molecule has 0 fully saturated rings. The van der Waals surface area contributed by atoms with E-state index in [2.05, 4.69) is 19.2 Å². The topological polar surface area (TPSA) is 62.6 Å². The van der Waals surface area contributed by atoms with Crippen LogP contribution in [0.5, 0.6) is 0 Å². The highest BCUT2D eigenvalue weighted by molar-refractivity contribution is 5.97. The zero-order valence-corrected chi connectivity index (χ0v) is 13.7. The van der Waals surface area contributed by atoms with E-state index < -0.39 is 0 Å². The number of anilines is 1. The van der Waals surface area contributed by atoms with Crippen molar-refractivity contribution in [1.82, 2.24) is 5.32 Å². The summed E-state index contributed by atoms with van der Waals surface area (Å²) in [6, 6.07) is 11.3. The van der Waals surface area contributed by atoms with Crippen molar-refractivity contribution in [2.45, 2.75) is 33.2 Å². The Hall–Kier alpha value is -2.56. The van der Waals surface area contributed by atoms with E-state index >= 15 is 0 Å². The van der Waals surface area contributed by atoms with Gasteiger partial charge in [0.05, 0.1) is 12.8 Å². The van der Waals surface area contributed by atoms with Gasteiger partial charge in [-0.3, -0.25) is 9.59 Å². The number of nitrogens with zero attached hydrogens (tertiary/aromatic N) is 1. The van der Waals surface area contributed by atoms with Crippen LogP contribution in [-0.2, 0) is 16.1 Å². The number of hydrogen-bond acceptors (Lipinski definition) is 3. The second-order valence-electron chi connectivity index (χ2n) is 5.71. The van der Waals surface area contributed by atoms with E-state index in [1.54, 1.807) is 18.4 Å². The fourth-order valence-corrected chi connectivity index (χ4v) is 2.22. The molecule has 0 bridgehead atoms. The highest BCUT2D eigenvalue weighted by atomic mass is 16.3. The maximum Gasteiger partial charge on any atom is 0.240 e. The lowest BCUT2D eigenvalue weighted by Gasteiger charge is -2.21. The molecule has 0 aliphatic rings. The largest absolute Gasteiger partial charge is 0.467 e. The summed E-state index contributed by atoms with van der Waals surface area (Å²) in [6.07, 6.45) is 1.56. The summed E-state index contributed by atoms with van der Waals surface area (Å²) in [5.74, 6) is 0.695. The molecule has 0 aliphatic carbocycles. The third kappa shape index (κ3) is 4.71. The third-order valence-corrected chi connectivity index (χ3v) is 3.59. The van der Waals surface area contributed by atoms with Gasteiger partial charge in [-0.05, 0) is 35.7 Å². The number of hydrogen-bond donors (Lipinski definition) is 1. The molecule has 0 spiro atoms. The molecule has 2 aromatic rings. The van der Waals surface area contributed by atoms with E-state index in [9.17, 15) is 9.59 Å². The van der Waals surface area contributed by atoms with E-state index in [1.807, 2.05) is 24.3 Å². The molecule has 0 saturated heterocycles. The summed E-state index contributed by atoms with van der Waals surface area (Å²) in [5.41, 5.74) is 1.91. The van der Waals surface area contributed by atoms with Crippen molar-refractivity contribution in [2.75, 3.05) is 11.4 Å². The number of amides is 2. The smallest absolute Gasteiger partial charge is 0.240 e. The molecule has 2 amide bonds. The first-order valence-corrected chi connectivity index (χ1v) is 7.64. The molecule has 1 aromatic carbocycles. The molecular formula is C18H22N2O3. The van der Waals surface area contributed by atoms with Gasteiger partial charge in [-0.15, -0.1) is 0 Å². The molecule has 5 heteroatoms. The fourth-order valence-electron chi connectivity index (χ4n) is 2.22. The molecule has 0 atom stereocenters. The van der Waals surface area contributed by atoms with Crippen LogP contribution in [0.15, 0.2) is 47.1 Å². The second-order valence-corrected chi connectivity index (χ2v) is 5.71. The van der Waals surface area contributed by atoms with Gasteiger partial charge in [0.2, 0.25) is 11.8 Å². The SMILES string of the molecule is CC(=O)N(CC(=O)NCc1ccco1)c1ccc(C(C)C)cc1. The second kappa shape index (κ2) is 7.63. The Labute approximate surface area is 136 Å². The Kier molecular flexibility index (Phi) is 5.57. The predicted molar refractivity (Wildman–Crippen MR) is 89.1 cm³/mol. The third-order valence-electron chi connectivity index (χ3n) is 3.59. The maximum absolute atomic E-state index is 12.1. The zero-order chi connectivity index (χ0) is 16.8. The first-order chi connectivity index (χ1) is 11.0. The highest BCUT2D eigenvalue weighted by Crippen LogP contribution is 2.20. The van der Waals surface area contributed by atoms with Crippen molar-refractivity contribution in [3.63, 3.8) is 0 Å². The van der Waals surface area contributed by atoms with Crippen molar-refractivity contribution < 1.29 is 14.0 Å². The van der Waals surface area contributed by atoms with Gasteiger partial charge >= 0.3 is 0 Å². The standard InChI is InChI=1S/C18H22N2O3/c1-13(2)15-6-8-16(9-7-15)20(14(3)21)12-18(22)19-11-17-5-4-10-23-17/h4-10,13H,11-12H2,1-3H3,(H,19,22). The first kappa shape index (κ1) is 16.8. The van der Waals surface area contributed by atoms with Gasteiger partial charge in [0.1, 0.15) is 12.3 Å². The monoisotopic (exact) mass is 314 g/mol. The van der Waals surface area contributed by atoms with Crippen LogP contribution in [0.25, 0.3) is 0 Å². The number of carbonyl (C=O) groups is 2. The Morgan fingerprint density at radius 1 is 1.17 bits per heavy atom. The lowest BCUT2D eigenvalue weighted by atomic mass is 10.0. The van der Waals surface area contributed by atoms with Crippen LogP contribution >= 0.6 is 0 Å². The van der Waals surface area contributed by atoms with E-state index in [4.69, 9.17) is 4.42 Å². The molecule has 0 saturated carbocycles. The number of carbonyl (C=O) groups excluding carboxylic acids is 2. The average Bonchev–Trinajstić information content (AvgIpc) is 3.04. The zero-order valence-electron chi connectivity index (χ0n) is 13.7. The summed E-state index contributed by atoms with van der Waals surface area (Å²) >= 11 is 0. The van der Waals surface area contributed by atoms with E-state index in [1.165, 1.54) is 17.4 Å². The Balaban J connectivity index is 2.00. The van der Waals surface area contributed by atoms with Crippen LogP contribution in [0, 0.1) is 0 Å². The molecule has 1 aromatic heterocycles. The van der Waals surface area contributed by atoms with E-state index in [0.717, 1.165) is 5.69 Å². The molecule has 0 radical (unpaired) electrons. The fraction of sp³-hybridized carbons (Fsp3) is 0.333. The summed E-state index contributed by atoms with van der Waals surface area (Å²) in [4.78, 5) is 25.4. The van der Waals surface area contributed by atoms with Crippen molar-refractivity contribution in [3.8, 4) is 0 Å². The molecule has 0 aliphatic heterocycles. The van der Waals surface area contributed by atoms with Crippen molar-refractivity contribution >= 4 is 17.5 Å². The van der Waals surface area contributed by atoms with Crippen LogP contribution in [0.2, 0.25) is 0 Å². The van der Waals surface area contributed by atoms with Crippen LogP contribution in [0.1, 0.15) is 38.0 Å². The van der Waals surface area contributed by atoms with Crippen molar-refractivity contribution in [3.05, 3.63) is 54.0 Å². The lowest BCUT2D eigenvalue weighted by molar-refractivity contribution is -0.123.